The maximum absolute atomic E-state index is 12.0. The van der Waals surface area contributed by atoms with E-state index in [2.05, 4.69) is 34.3 Å². The van der Waals surface area contributed by atoms with Crippen LogP contribution in [0.2, 0.25) is 0 Å². The van der Waals surface area contributed by atoms with Gasteiger partial charge in [-0.15, -0.1) is 0 Å². The highest BCUT2D eigenvalue weighted by Crippen LogP contribution is 2.14. The van der Waals surface area contributed by atoms with Gasteiger partial charge < -0.3 is 4.90 Å². The number of carbonyl (C=O) groups is 1. The van der Waals surface area contributed by atoms with Crippen LogP contribution in [0.1, 0.15) is 29.8 Å². The summed E-state index contributed by atoms with van der Waals surface area (Å²) in [7, 11) is 0. The molecule has 2 aromatic rings. The van der Waals surface area contributed by atoms with Crippen molar-refractivity contribution in [1.29, 1.82) is 0 Å². The Balaban J connectivity index is 1.97. The summed E-state index contributed by atoms with van der Waals surface area (Å²) >= 11 is 0. The monoisotopic (exact) mass is 296 g/mol. The first kappa shape index (κ1) is 15.7. The second-order valence-electron chi connectivity index (χ2n) is 4.70. The molecule has 0 saturated heterocycles. The molecule has 5 nitrogen and oxygen atoms in total. The molecule has 0 aliphatic carbocycles. The fourth-order valence-corrected chi connectivity index (χ4v) is 2.09. The number of nitrogens with one attached hydrogen (secondary N) is 1. The number of rotatable bonds is 6. The van der Waals surface area contributed by atoms with Crippen molar-refractivity contribution in [1.82, 2.24) is 10.4 Å². The Kier molecular flexibility index (Phi) is 5.65. The number of nitrogens with zero attached hydrogens (tertiary/aromatic N) is 3. The van der Waals surface area contributed by atoms with E-state index in [1.54, 1.807) is 18.6 Å². The lowest BCUT2D eigenvalue weighted by Gasteiger charge is -2.20. The van der Waals surface area contributed by atoms with Crippen molar-refractivity contribution < 1.29 is 4.79 Å². The Hall–Kier alpha value is -2.69. The van der Waals surface area contributed by atoms with E-state index in [-0.39, 0.29) is 5.91 Å². The van der Waals surface area contributed by atoms with E-state index >= 15 is 0 Å². The number of hydrogen-bond donors (Lipinski definition) is 1. The number of anilines is 1. The Labute approximate surface area is 130 Å². The maximum atomic E-state index is 12.0. The minimum atomic E-state index is -0.226. The summed E-state index contributed by atoms with van der Waals surface area (Å²) in [5, 5.41) is 3.95. The molecule has 22 heavy (non-hydrogen) atoms. The quantitative estimate of drug-likeness (QED) is 0.658. The topological polar surface area (TPSA) is 57.6 Å². The average molecular weight is 296 g/mol. The molecule has 0 bridgehead atoms. The van der Waals surface area contributed by atoms with E-state index in [0.717, 1.165) is 24.3 Å². The molecule has 5 heteroatoms. The molecule has 2 rings (SSSR count). The molecule has 1 N–H and O–H groups in total. The van der Waals surface area contributed by atoms with Crippen molar-refractivity contribution in [3.63, 3.8) is 0 Å². The van der Waals surface area contributed by atoms with Crippen molar-refractivity contribution in [2.24, 2.45) is 5.10 Å². The highest BCUT2D eigenvalue weighted by Gasteiger charge is 2.06. The Morgan fingerprint density at radius 1 is 1.14 bits per heavy atom. The van der Waals surface area contributed by atoms with Crippen LogP contribution >= 0.6 is 0 Å². The highest BCUT2D eigenvalue weighted by atomic mass is 16.2. The first-order valence-corrected chi connectivity index (χ1v) is 7.33. The Morgan fingerprint density at radius 2 is 1.77 bits per heavy atom. The summed E-state index contributed by atoms with van der Waals surface area (Å²) in [6.07, 6.45) is 4.94. The number of hydrogen-bond acceptors (Lipinski definition) is 4. The molecule has 1 aromatic carbocycles. The Morgan fingerprint density at radius 3 is 2.36 bits per heavy atom. The lowest BCUT2D eigenvalue weighted by molar-refractivity contribution is 0.0955. The lowest BCUT2D eigenvalue weighted by atomic mass is 10.2. The maximum Gasteiger partial charge on any atom is 0.271 e. The highest BCUT2D eigenvalue weighted by molar-refractivity contribution is 5.95. The molecule has 0 atom stereocenters. The van der Waals surface area contributed by atoms with Crippen LogP contribution in [0.3, 0.4) is 0 Å². The van der Waals surface area contributed by atoms with Gasteiger partial charge in [0, 0.05) is 36.7 Å². The fourth-order valence-electron chi connectivity index (χ4n) is 2.09. The molecule has 0 spiro atoms. The predicted molar refractivity (Wildman–Crippen MR) is 89.3 cm³/mol. The summed E-state index contributed by atoms with van der Waals surface area (Å²) in [4.78, 5) is 18.1. The van der Waals surface area contributed by atoms with Gasteiger partial charge in [-0.2, -0.15) is 5.10 Å². The second kappa shape index (κ2) is 7.93. The van der Waals surface area contributed by atoms with E-state index in [9.17, 15) is 4.79 Å². The SMILES string of the molecule is CCN(CC)c1ccc(C(=O)NN=Cc2ccncc2)cc1. The molecule has 1 amide bonds. The van der Waals surface area contributed by atoms with Crippen LogP contribution in [0.25, 0.3) is 0 Å². The van der Waals surface area contributed by atoms with E-state index in [1.165, 1.54) is 0 Å². The van der Waals surface area contributed by atoms with Crippen molar-refractivity contribution >= 4 is 17.8 Å². The third-order valence-electron chi connectivity index (χ3n) is 3.34. The van der Waals surface area contributed by atoms with Crippen LogP contribution in [-0.2, 0) is 0 Å². The van der Waals surface area contributed by atoms with E-state index < -0.39 is 0 Å². The molecule has 0 saturated carbocycles. The van der Waals surface area contributed by atoms with Gasteiger partial charge in [-0.05, 0) is 55.8 Å². The van der Waals surface area contributed by atoms with Gasteiger partial charge in [0.15, 0.2) is 0 Å². The number of benzene rings is 1. The molecule has 1 heterocycles. The smallest absolute Gasteiger partial charge is 0.271 e. The third-order valence-corrected chi connectivity index (χ3v) is 3.34. The van der Waals surface area contributed by atoms with Crippen molar-refractivity contribution in [3.05, 3.63) is 59.9 Å². The average Bonchev–Trinajstić information content (AvgIpc) is 2.57. The van der Waals surface area contributed by atoms with Crippen LogP contribution in [0.4, 0.5) is 5.69 Å². The van der Waals surface area contributed by atoms with E-state index in [4.69, 9.17) is 0 Å². The minimum Gasteiger partial charge on any atom is -0.372 e. The summed E-state index contributed by atoms with van der Waals surface area (Å²) in [5.41, 5.74) is 5.10. The zero-order valence-electron chi connectivity index (χ0n) is 12.9. The van der Waals surface area contributed by atoms with Crippen LogP contribution in [-0.4, -0.2) is 30.2 Å². The lowest BCUT2D eigenvalue weighted by Crippen LogP contribution is -2.22. The number of aromatic nitrogens is 1. The van der Waals surface area contributed by atoms with E-state index in [1.807, 2.05) is 36.4 Å². The molecule has 1 aromatic heterocycles. The third kappa shape index (κ3) is 4.15. The van der Waals surface area contributed by atoms with Gasteiger partial charge in [-0.25, -0.2) is 5.43 Å². The molecular formula is C17H20N4O. The molecule has 0 aliphatic rings. The van der Waals surface area contributed by atoms with Gasteiger partial charge in [-0.1, -0.05) is 0 Å². The summed E-state index contributed by atoms with van der Waals surface area (Å²) in [5.74, 6) is -0.226. The summed E-state index contributed by atoms with van der Waals surface area (Å²) in [6, 6.07) is 11.2. The number of pyridine rings is 1. The standard InChI is InChI=1S/C17H20N4O/c1-3-21(4-2)16-7-5-15(6-8-16)17(22)20-19-13-14-9-11-18-12-10-14/h5-13H,3-4H2,1-2H3,(H,20,22). The molecule has 0 unspecified atom stereocenters. The minimum absolute atomic E-state index is 0.226. The molecule has 0 fully saturated rings. The molecular weight excluding hydrogens is 276 g/mol. The van der Waals surface area contributed by atoms with Gasteiger partial charge >= 0.3 is 0 Å². The van der Waals surface area contributed by atoms with Crippen molar-refractivity contribution in [2.75, 3.05) is 18.0 Å². The fraction of sp³-hybridized carbons (Fsp3) is 0.235. The predicted octanol–water partition coefficient (Wildman–Crippen LogP) is 2.69. The van der Waals surface area contributed by atoms with Gasteiger partial charge in [0.05, 0.1) is 6.21 Å². The first-order chi connectivity index (χ1) is 10.7. The van der Waals surface area contributed by atoms with Crippen molar-refractivity contribution in [3.8, 4) is 0 Å². The molecule has 0 radical (unpaired) electrons. The second-order valence-corrected chi connectivity index (χ2v) is 4.70. The van der Waals surface area contributed by atoms with Gasteiger partial charge in [-0.3, -0.25) is 9.78 Å². The van der Waals surface area contributed by atoms with Crippen molar-refractivity contribution in [2.45, 2.75) is 13.8 Å². The number of amides is 1. The zero-order valence-corrected chi connectivity index (χ0v) is 12.9. The van der Waals surface area contributed by atoms with Gasteiger partial charge in [0.2, 0.25) is 0 Å². The van der Waals surface area contributed by atoms with Crippen LogP contribution < -0.4 is 10.3 Å². The molecule has 114 valence electrons. The normalized spacial score (nSPS) is 10.6. The Bertz CT molecular complexity index is 619. The number of carbonyl (C=O) groups excluding carboxylic acids is 1. The molecule has 0 aliphatic heterocycles. The van der Waals surface area contributed by atoms with Crippen LogP contribution in [0.5, 0.6) is 0 Å². The van der Waals surface area contributed by atoms with E-state index in [0.29, 0.717) is 5.56 Å². The van der Waals surface area contributed by atoms with Gasteiger partial charge in [0.25, 0.3) is 5.91 Å². The van der Waals surface area contributed by atoms with Crippen LogP contribution in [0.15, 0.2) is 53.9 Å². The van der Waals surface area contributed by atoms with Crippen LogP contribution in [0, 0.1) is 0 Å². The largest absolute Gasteiger partial charge is 0.372 e. The summed E-state index contributed by atoms with van der Waals surface area (Å²) in [6.45, 7) is 6.10. The summed E-state index contributed by atoms with van der Waals surface area (Å²) < 4.78 is 0. The number of hydrazone groups is 1. The first-order valence-electron chi connectivity index (χ1n) is 7.33. The zero-order chi connectivity index (χ0) is 15.8. The van der Waals surface area contributed by atoms with Gasteiger partial charge in [0.1, 0.15) is 0 Å².